The zero-order valence-electron chi connectivity index (χ0n) is 38.0. The van der Waals surface area contributed by atoms with Crippen molar-refractivity contribution in [1.29, 1.82) is 0 Å². The van der Waals surface area contributed by atoms with Gasteiger partial charge in [0.25, 0.3) is 0 Å². The average molecular weight is 911 g/mol. The van der Waals surface area contributed by atoms with Crippen LogP contribution in [0, 0.1) is 0 Å². The Bertz CT molecular complexity index is 4220. The van der Waals surface area contributed by atoms with Gasteiger partial charge < -0.3 is 13.9 Å². The quantitative estimate of drug-likeness (QED) is 0.151. The molecule has 0 unspecified atom stereocenters. The highest BCUT2D eigenvalue weighted by Gasteiger charge is 2.18. The van der Waals surface area contributed by atoms with Gasteiger partial charge in [-0.05, 0) is 118 Å². The molecule has 0 atom stereocenters. The van der Waals surface area contributed by atoms with Crippen molar-refractivity contribution in [2.24, 2.45) is 0 Å². The van der Waals surface area contributed by atoms with Gasteiger partial charge in [0, 0.05) is 70.0 Å². The van der Waals surface area contributed by atoms with Crippen LogP contribution >= 0.6 is 11.3 Å². The minimum absolute atomic E-state index is 0.888. The predicted molar refractivity (Wildman–Crippen MR) is 297 cm³/mol. The average Bonchev–Trinajstić information content (AvgIpc) is 4.12. The van der Waals surface area contributed by atoms with Crippen LogP contribution in [-0.2, 0) is 0 Å². The van der Waals surface area contributed by atoms with E-state index >= 15 is 0 Å². The van der Waals surface area contributed by atoms with Crippen molar-refractivity contribution in [2.45, 2.75) is 0 Å². The van der Waals surface area contributed by atoms with Gasteiger partial charge in [0.05, 0.1) is 11.0 Å². The molecule has 70 heavy (non-hydrogen) atoms. The van der Waals surface area contributed by atoms with E-state index in [9.17, 15) is 0 Å². The number of rotatable bonds is 8. The Kier molecular flexibility index (Phi) is 9.39. The highest BCUT2D eigenvalue weighted by Crippen LogP contribution is 2.43. The maximum atomic E-state index is 6.53. The summed E-state index contributed by atoms with van der Waals surface area (Å²) in [7, 11) is 0. The monoisotopic (exact) mass is 910 g/mol. The molecule has 0 spiro atoms. The molecule has 14 rings (SSSR count). The fourth-order valence-electron chi connectivity index (χ4n) is 10.7. The maximum absolute atomic E-state index is 6.53. The lowest BCUT2D eigenvalue weighted by atomic mass is 9.99. The van der Waals surface area contributed by atoms with Crippen LogP contribution < -0.4 is 4.90 Å². The molecule has 0 amide bonds. The topological polar surface area (TPSA) is 21.3 Å². The summed E-state index contributed by atoms with van der Waals surface area (Å²) in [5.41, 5.74) is 17.9. The predicted octanol–water partition coefficient (Wildman–Crippen LogP) is 19.2. The maximum Gasteiger partial charge on any atom is 0.143 e. The van der Waals surface area contributed by atoms with Gasteiger partial charge >= 0.3 is 0 Å². The first kappa shape index (κ1) is 40.1. The summed E-state index contributed by atoms with van der Waals surface area (Å²) in [5, 5.41) is 7.38. The van der Waals surface area contributed by atoms with Gasteiger partial charge in [-0.15, -0.1) is 11.3 Å². The summed E-state index contributed by atoms with van der Waals surface area (Å²) in [6.45, 7) is 0. The van der Waals surface area contributed by atoms with Gasteiger partial charge in [-0.2, -0.15) is 0 Å². The lowest BCUT2D eigenvalue weighted by Crippen LogP contribution is -2.09. The zero-order valence-corrected chi connectivity index (χ0v) is 38.8. The number of thiophene rings is 1. The van der Waals surface area contributed by atoms with Crippen LogP contribution in [0.1, 0.15) is 0 Å². The molecular formula is C66H42N2OS. The van der Waals surface area contributed by atoms with E-state index in [2.05, 4.69) is 258 Å². The van der Waals surface area contributed by atoms with Gasteiger partial charge in [0.1, 0.15) is 11.2 Å². The van der Waals surface area contributed by atoms with Crippen molar-refractivity contribution in [2.75, 3.05) is 4.90 Å². The third-order valence-electron chi connectivity index (χ3n) is 14.0. The molecule has 0 saturated heterocycles. The number of hydrogen-bond donors (Lipinski definition) is 0. The standard InChI is InChI=1S/C66H42N2OS/c1-2-13-45(14-3-1)53-20-11-22-58-60-42-48(33-40-63(60)69-65(53)58)44-29-36-50(37-30-44)67(51-38-31-46(32-39-51)54-21-12-23-59-57-19-6-9-26-64(57)70-66(54)59)49-34-27-43(28-35-49)47-15-10-16-52(41-47)68-61-24-7-4-17-55(61)56-18-5-8-25-62(56)68/h1-42H. The summed E-state index contributed by atoms with van der Waals surface area (Å²) in [6.07, 6.45) is 0. The van der Waals surface area contributed by atoms with Gasteiger partial charge in [0.2, 0.25) is 0 Å². The fourth-order valence-corrected chi connectivity index (χ4v) is 11.9. The molecule has 11 aromatic carbocycles. The molecule has 3 aromatic heterocycles. The highest BCUT2D eigenvalue weighted by atomic mass is 32.1. The molecule has 0 N–H and O–H groups in total. The van der Waals surface area contributed by atoms with Crippen LogP contribution in [0.4, 0.5) is 17.1 Å². The van der Waals surface area contributed by atoms with E-state index in [1.807, 2.05) is 17.4 Å². The van der Waals surface area contributed by atoms with Crippen LogP contribution in [0.25, 0.3) is 114 Å². The summed E-state index contributed by atoms with van der Waals surface area (Å²) >= 11 is 1.87. The first-order valence-electron chi connectivity index (χ1n) is 23.8. The molecule has 0 saturated carbocycles. The number of hydrogen-bond acceptors (Lipinski definition) is 3. The zero-order chi connectivity index (χ0) is 46.1. The number of benzene rings is 11. The van der Waals surface area contributed by atoms with Crippen molar-refractivity contribution < 1.29 is 4.42 Å². The number of furan rings is 1. The largest absolute Gasteiger partial charge is 0.455 e. The molecule has 0 aliphatic carbocycles. The lowest BCUT2D eigenvalue weighted by molar-refractivity contribution is 0.670. The Morgan fingerprint density at radius 3 is 1.51 bits per heavy atom. The molecule has 0 aliphatic rings. The second-order valence-corrected chi connectivity index (χ2v) is 19.1. The smallest absolute Gasteiger partial charge is 0.143 e. The van der Waals surface area contributed by atoms with Crippen molar-refractivity contribution >= 4 is 92.3 Å². The van der Waals surface area contributed by atoms with Crippen LogP contribution in [0.5, 0.6) is 0 Å². The Hall–Kier alpha value is -8.96. The Morgan fingerprint density at radius 2 is 0.829 bits per heavy atom. The van der Waals surface area contributed by atoms with Crippen LogP contribution in [-0.4, -0.2) is 4.57 Å². The highest BCUT2D eigenvalue weighted by molar-refractivity contribution is 7.26. The Labute approximate surface area is 409 Å². The van der Waals surface area contributed by atoms with Crippen molar-refractivity contribution in [3.8, 4) is 50.2 Å². The third kappa shape index (κ3) is 6.64. The second-order valence-electron chi connectivity index (χ2n) is 18.0. The first-order valence-corrected chi connectivity index (χ1v) is 24.6. The number of nitrogens with zero attached hydrogens (tertiary/aromatic N) is 2. The third-order valence-corrected chi connectivity index (χ3v) is 15.2. The summed E-state index contributed by atoms with van der Waals surface area (Å²) in [5.74, 6) is 0. The van der Waals surface area contributed by atoms with E-state index in [1.54, 1.807) is 0 Å². The van der Waals surface area contributed by atoms with Gasteiger partial charge in [-0.25, -0.2) is 0 Å². The number of aromatic nitrogens is 1. The van der Waals surface area contributed by atoms with Crippen LogP contribution in [0.15, 0.2) is 259 Å². The van der Waals surface area contributed by atoms with E-state index in [1.165, 1.54) is 58.7 Å². The van der Waals surface area contributed by atoms with Crippen molar-refractivity contribution in [3.63, 3.8) is 0 Å². The lowest BCUT2D eigenvalue weighted by Gasteiger charge is -2.26. The SMILES string of the molecule is c1ccc(-c2cccc3c2oc2ccc(-c4ccc(N(c5ccc(-c6cccc(-n7c8ccccc8c8ccccc87)c6)cc5)c5ccc(-c6cccc7c6sc6ccccc67)cc5)cc4)cc23)cc1. The normalized spacial score (nSPS) is 11.7. The molecule has 0 fully saturated rings. The number of fused-ring (bicyclic) bond motifs is 9. The minimum atomic E-state index is 0.888. The minimum Gasteiger partial charge on any atom is -0.455 e. The fraction of sp³-hybridized carbons (Fsp3) is 0. The van der Waals surface area contributed by atoms with Crippen LogP contribution in [0.3, 0.4) is 0 Å². The number of para-hydroxylation sites is 3. The molecule has 3 heterocycles. The molecule has 0 bridgehead atoms. The van der Waals surface area contributed by atoms with Crippen molar-refractivity contribution in [3.05, 3.63) is 255 Å². The van der Waals surface area contributed by atoms with E-state index < -0.39 is 0 Å². The van der Waals surface area contributed by atoms with Gasteiger partial charge in [-0.1, -0.05) is 176 Å². The van der Waals surface area contributed by atoms with E-state index in [-0.39, 0.29) is 0 Å². The second kappa shape index (κ2) is 16.4. The van der Waals surface area contributed by atoms with E-state index in [0.717, 1.165) is 72.5 Å². The Balaban J connectivity index is 0.839. The molecule has 3 nitrogen and oxygen atoms in total. The molecular weight excluding hydrogens is 869 g/mol. The van der Waals surface area contributed by atoms with Gasteiger partial charge in [-0.3, -0.25) is 0 Å². The molecule has 0 radical (unpaired) electrons. The van der Waals surface area contributed by atoms with Crippen LogP contribution in [0.2, 0.25) is 0 Å². The summed E-state index contributed by atoms with van der Waals surface area (Å²) in [6, 6.07) is 92.3. The summed E-state index contributed by atoms with van der Waals surface area (Å²) in [4.78, 5) is 2.36. The van der Waals surface area contributed by atoms with E-state index in [0.29, 0.717) is 0 Å². The van der Waals surface area contributed by atoms with Crippen molar-refractivity contribution in [1.82, 2.24) is 4.57 Å². The Morgan fingerprint density at radius 1 is 0.329 bits per heavy atom. The molecule has 328 valence electrons. The van der Waals surface area contributed by atoms with E-state index in [4.69, 9.17) is 4.42 Å². The molecule has 4 heteroatoms. The van der Waals surface area contributed by atoms with Gasteiger partial charge in [0.15, 0.2) is 0 Å². The number of anilines is 3. The first-order chi connectivity index (χ1) is 34.7. The molecule has 14 aromatic rings. The molecule has 0 aliphatic heterocycles. The summed E-state index contributed by atoms with van der Waals surface area (Å²) < 4.78 is 11.5.